The SMILES string of the molecule is CC[C@H](C)C(=O)N[C@H]1C[C@@]2(O)[C@H]3Cc4ccc(O)cc4C2(CCN3CC2CC2)C[C@H]1O. The van der Waals surface area contributed by atoms with Gasteiger partial charge in [0.2, 0.25) is 5.91 Å². The van der Waals surface area contributed by atoms with E-state index >= 15 is 0 Å². The summed E-state index contributed by atoms with van der Waals surface area (Å²) < 4.78 is 0. The number of piperidine rings is 1. The first-order valence-corrected chi connectivity index (χ1v) is 12.0. The van der Waals surface area contributed by atoms with E-state index in [2.05, 4.69) is 10.2 Å². The highest BCUT2D eigenvalue weighted by molar-refractivity contribution is 5.78. The lowest BCUT2D eigenvalue weighted by molar-refractivity contribution is -0.190. The van der Waals surface area contributed by atoms with Crippen LogP contribution in [-0.4, -0.2) is 63.0 Å². The summed E-state index contributed by atoms with van der Waals surface area (Å²) in [6, 6.07) is 5.03. The van der Waals surface area contributed by atoms with E-state index in [9.17, 15) is 20.1 Å². The standard InChI is InChI=1S/C25H36N2O4/c1-3-15(2)23(30)26-20-12-25(31)22-10-17-6-7-18(28)11-19(17)24(25,13-21(20)29)8-9-27(22)14-16-4-5-16/h6-7,11,15-16,20-22,28-29,31H,3-5,8-10,12-14H2,1-2H3,(H,26,30)/t15-,20-,21+,22+,24?,25+/m0/s1. The minimum absolute atomic E-state index is 0.0330. The number of aromatic hydroxyl groups is 1. The normalized spacial score (nSPS) is 38.1. The van der Waals surface area contributed by atoms with Gasteiger partial charge in [0.05, 0.1) is 17.7 Å². The molecule has 2 saturated carbocycles. The van der Waals surface area contributed by atoms with Gasteiger partial charge in [-0.05, 0) is 74.2 Å². The second-order valence-electron chi connectivity index (χ2n) is 10.7. The Morgan fingerprint density at radius 1 is 1.32 bits per heavy atom. The van der Waals surface area contributed by atoms with E-state index in [0.29, 0.717) is 12.8 Å². The summed E-state index contributed by atoms with van der Waals surface area (Å²) in [6.07, 6.45) is 4.79. The highest BCUT2D eigenvalue weighted by atomic mass is 16.3. The molecular weight excluding hydrogens is 392 g/mol. The van der Waals surface area contributed by atoms with E-state index in [0.717, 1.165) is 43.8 Å². The number of nitrogens with zero attached hydrogens (tertiary/aromatic N) is 1. The van der Waals surface area contributed by atoms with Crippen molar-refractivity contribution in [2.24, 2.45) is 11.8 Å². The van der Waals surface area contributed by atoms with Gasteiger partial charge in [0.25, 0.3) is 0 Å². The first-order chi connectivity index (χ1) is 14.8. The van der Waals surface area contributed by atoms with Crippen molar-refractivity contribution in [1.29, 1.82) is 0 Å². The molecule has 1 heterocycles. The molecule has 4 aliphatic rings. The Balaban J connectivity index is 1.53. The molecule has 5 rings (SSSR count). The predicted octanol–water partition coefficient (Wildman–Crippen LogP) is 2.09. The molecule has 3 aliphatic carbocycles. The quantitative estimate of drug-likeness (QED) is 0.576. The third-order valence-electron chi connectivity index (χ3n) is 8.80. The van der Waals surface area contributed by atoms with Crippen molar-refractivity contribution in [3.8, 4) is 5.75 Å². The third-order valence-corrected chi connectivity index (χ3v) is 8.80. The van der Waals surface area contributed by atoms with Gasteiger partial charge in [-0.1, -0.05) is 19.9 Å². The first kappa shape index (κ1) is 21.2. The summed E-state index contributed by atoms with van der Waals surface area (Å²) in [5.74, 6) is 0.760. The van der Waals surface area contributed by atoms with Crippen LogP contribution in [0.5, 0.6) is 5.75 Å². The minimum Gasteiger partial charge on any atom is -0.508 e. The van der Waals surface area contributed by atoms with Crippen LogP contribution in [0.4, 0.5) is 0 Å². The largest absolute Gasteiger partial charge is 0.508 e. The summed E-state index contributed by atoms with van der Waals surface area (Å²) in [7, 11) is 0. The molecule has 3 fully saturated rings. The number of benzene rings is 1. The van der Waals surface area contributed by atoms with Crippen LogP contribution < -0.4 is 5.32 Å². The summed E-state index contributed by atoms with van der Waals surface area (Å²) >= 11 is 0. The number of rotatable bonds is 5. The van der Waals surface area contributed by atoms with Crippen LogP contribution in [0, 0.1) is 11.8 Å². The molecule has 2 bridgehead atoms. The van der Waals surface area contributed by atoms with Gasteiger partial charge in [0.15, 0.2) is 0 Å². The molecule has 6 atom stereocenters. The van der Waals surface area contributed by atoms with E-state index < -0.39 is 23.2 Å². The molecule has 170 valence electrons. The lowest BCUT2D eigenvalue weighted by Gasteiger charge is -2.65. The molecule has 1 saturated heterocycles. The highest BCUT2D eigenvalue weighted by Crippen LogP contribution is 2.58. The molecule has 0 spiro atoms. The topological polar surface area (TPSA) is 93.0 Å². The van der Waals surface area contributed by atoms with Gasteiger partial charge in [-0.15, -0.1) is 0 Å². The zero-order valence-corrected chi connectivity index (χ0v) is 18.7. The lowest BCUT2D eigenvalue weighted by Crippen LogP contribution is -2.76. The molecule has 1 aromatic rings. The number of fused-ring (bicyclic) bond motifs is 1. The number of amides is 1. The van der Waals surface area contributed by atoms with Gasteiger partial charge in [0, 0.05) is 30.3 Å². The van der Waals surface area contributed by atoms with E-state index in [1.54, 1.807) is 12.1 Å². The number of hydrogen-bond donors (Lipinski definition) is 4. The Hall–Kier alpha value is -1.63. The molecule has 31 heavy (non-hydrogen) atoms. The van der Waals surface area contributed by atoms with Crippen LogP contribution in [0.25, 0.3) is 0 Å². The fourth-order valence-electron chi connectivity index (χ4n) is 6.59. The maximum atomic E-state index is 12.6. The van der Waals surface area contributed by atoms with Gasteiger partial charge >= 0.3 is 0 Å². The Morgan fingerprint density at radius 2 is 2.10 bits per heavy atom. The smallest absolute Gasteiger partial charge is 0.223 e. The monoisotopic (exact) mass is 428 g/mol. The molecule has 1 unspecified atom stereocenters. The van der Waals surface area contributed by atoms with Gasteiger partial charge < -0.3 is 20.6 Å². The Morgan fingerprint density at radius 3 is 2.81 bits per heavy atom. The van der Waals surface area contributed by atoms with Crippen molar-refractivity contribution in [3.05, 3.63) is 29.3 Å². The Labute approximate surface area is 184 Å². The van der Waals surface area contributed by atoms with Crippen LogP contribution in [0.2, 0.25) is 0 Å². The van der Waals surface area contributed by atoms with Gasteiger partial charge in [-0.3, -0.25) is 9.69 Å². The number of likely N-dealkylation sites (tertiary alicyclic amines) is 1. The Kier molecular flexibility index (Phi) is 5.11. The Bertz CT molecular complexity index is 871. The van der Waals surface area contributed by atoms with E-state index in [4.69, 9.17) is 0 Å². The number of carbonyl (C=O) groups is 1. The number of aliphatic hydroxyl groups is 2. The summed E-state index contributed by atoms with van der Waals surface area (Å²) in [5, 5.41) is 36.9. The summed E-state index contributed by atoms with van der Waals surface area (Å²) in [4.78, 5) is 15.1. The number of hydrogen-bond acceptors (Lipinski definition) is 5. The average molecular weight is 429 g/mol. The number of phenolic OH excluding ortho intramolecular Hbond substituents is 1. The van der Waals surface area contributed by atoms with Crippen molar-refractivity contribution in [1.82, 2.24) is 10.2 Å². The second kappa shape index (κ2) is 7.46. The van der Waals surface area contributed by atoms with Crippen LogP contribution in [0.15, 0.2) is 18.2 Å². The fraction of sp³-hybridized carbons (Fsp3) is 0.720. The maximum absolute atomic E-state index is 12.6. The highest BCUT2D eigenvalue weighted by Gasteiger charge is 2.66. The first-order valence-electron chi connectivity index (χ1n) is 12.0. The molecule has 1 aliphatic heterocycles. The minimum atomic E-state index is -1.05. The molecule has 0 radical (unpaired) electrons. The van der Waals surface area contributed by atoms with Crippen molar-refractivity contribution in [3.63, 3.8) is 0 Å². The number of carbonyl (C=O) groups excluding carboxylic acids is 1. The fourth-order valence-corrected chi connectivity index (χ4v) is 6.59. The number of phenols is 1. The molecule has 6 heteroatoms. The van der Waals surface area contributed by atoms with E-state index in [-0.39, 0.29) is 23.6 Å². The third kappa shape index (κ3) is 3.30. The molecular formula is C25H36N2O4. The van der Waals surface area contributed by atoms with Gasteiger partial charge in [-0.2, -0.15) is 0 Å². The zero-order valence-electron chi connectivity index (χ0n) is 18.7. The van der Waals surface area contributed by atoms with Crippen molar-refractivity contribution in [2.45, 2.75) is 88.0 Å². The van der Waals surface area contributed by atoms with E-state index in [1.165, 1.54) is 18.4 Å². The second-order valence-corrected chi connectivity index (χ2v) is 10.7. The maximum Gasteiger partial charge on any atom is 0.223 e. The van der Waals surface area contributed by atoms with Gasteiger partial charge in [0.1, 0.15) is 5.75 Å². The average Bonchev–Trinajstić information content (AvgIpc) is 3.55. The molecule has 0 aromatic heterocycles. The van der Waals surface area contributed by atoms with Crippen molar-refractivity contribution in [2.75, 3.05) is 13.1 Å². The number of aliphatic hydroxyl groups excluding tert-OH is 1. The van der Waals surface area contributed by atoms with Crippen molar-refractivity contribution >= 4 is 5.91 Å². The molecule has 1 aromatic carbocycles. The van der Waals surface area contributed by atoms with Crippen molar-refractivity contribution < 1.29 is 20.1 Å². The van der Waals surface area contributed by atoms with Crippen LogP contribution in [0.1, 0.15) is 63.5 Å². The summed E-state index contributed by atoms with van der Waals surface area (Å²) in [6.45, 7) is 5.79. The molecule has 6 nitrogen and oxygen atoms in total. The number of nitrogens with one attached hydrogen (secondary N) is 1. The zero-order chi connectivity index (χ0) is 22.0. The van der Waals surface area contributed by atoms with Crippen LogP contribution >= 0.6 is 0 Å². The lowest BCUT2D eigenvalue weighted by atomic mass is 9.48. The summed E-state index contributed by atoms with van der Waals surface area (Å²) in [5.41, 5.74) is 0.513. The molecule has 4 N–H and O–H groups in total. The van der Waals surface area contributed by atoms with Crippen LogP contribution in [0.3, 0.4) is 0 Å². The van der Waals surface area contributed by atoms with Crippen LogP contribution in [-0.2, 0) is 16.6 Å². The predicted molar refractivity (Wildman–Crippen MR) is 118 cm³/mol. The van der Waals surface area contributed by atoms with Gasteiger partial charge in [-0.25, -0.2) is 0 Å². The molecule has 1 amide bonds. The van der Waals surface area contributed by atoms with E-state index in [1.807, 2.05) is 19.9 Å².